The summed E-state index contributed by atoms with van der Waals surface area (Å²) in [5, 5.41) is 9.76. The third-order valence-corrected chi connectivity index (χ3v) is 5.98. The molecule has 1 N–H and O–H groups in total. The lowest BCUT2D eigenvalue weighted by atomic mass is 9.94. The molecule has 2 aromatic carbocycles. The van der Waals surface area contributed by atoms with Crippen LogP contribution in [-0.4, -0.2) is 29.9 Å². The van der Waals surface area contributed by atoms with Gasteiger partial charge in [-0.3, -0.25) is 0 Å². The van der Waals surface area contributed by atoms with Crippen molar-refractivity contribution in [2.45, 2.75) is 11.8 Å². The fourth-order valence-electron chi connectivity index (χ4n) is 2.85. The van der Waals surface area contributed by atoms with Crippen molar-refractivity contribution in [3.05, 3.63) is 64.1 Å². The lowest BCUT2D eigenvalue weighted by molar-refractivity contribution is 0.0532. The van der Waals surface area contributed by atoms with E-state index in [0.717, 1.165) is 16.2 Å². The van der Waals surface area contributed by atoms with Crippen LogP contribution in [0, 0.1) is 5.82 Å². The zero-order valence-corrected chi connectivity index (χ0v) is 16.8. The minimum Gasteiger partial charge on any atom is -0.477 e. The Balaban J connectivity index is 2.31. The van der Waals surface area contributed by atoms with E-state index in [2.05, 4.69) is 0 Å². The minimum atomic E-state index is -1.13. The molecule has 0 aliphatic heterocycles. The predicted octanol–water partition coefficient (Wildman–Crippen LogP) is 5.82. The highest BCUT2D eigenvalue weighted by Crippen LogP contribution is 2.44. The summed E-state index contributed by atoms with van der Waals surface area (Å²) in [5.74, 6) is -2.14. The number of hydrogen-bond donors (Lipinski definition) is 1. The van der Waals surface area contributed by atoms with E-state index in [1.807, 2.05) is 30.5 Å². The van der Waals surface area contributed by atoms with Crippen LogP contribution in [-0.2, 0) is 4.74 Å². The van der Waals surface area contributed by atoms with Gasteiger partial charge in [0.15, 0.2) is 0 Å². The van der Waals surface area contributed by atoms with Gasteiger partial charge in [-0.15, -0.1) is 23.1 Å². The lowest BCUT2D eigenvalue weighted by Gasteiger charge is -2.10. The van der Waals surface area contributed by atoms with Gasteiger partial charge in [0.05, 0.1) is 6.61 Å². The average molecular weight is 416 g/mol. The maximum absolute atomic E-state index is 13.4. The number of ether oxygens (including phenoxy) is 1. The quantitative estimate of drug-likeness (QED) is 0.405. The van der Waals surface area contributed by atoms with E-state index in [-0.39, 0.29) is 16.4 Å². The van der Waals surface area contributed by atoms with Crippen LogP contribution in [0.15, 0.2) is 53.4 Å². The van der Waals surface area contributed by atoms with Crippen LogP contribution < -0.4 is 0 Å². The van der Waals surface area contributed by atoms with Crippen LogP contribution in [0.2, 0.25) is 0 Å². The van der Waals surface area contributed by atoms with Crippen LogP contribution in [0.5, 0.6) is 0 Å². The van der Waals surface area contributed by atoms with Crippen molar-refractivity contribution < 1.29 is 23.8 Å². The monoisotopic (exact) mass is 416 g/mol. The number of benzene rings is 2. The van der Waals surface area contributed by atoms with Crippen LogP contribution in [0.4, 0.5) is 4.39 Å². The average Bonchev–Trinajstić information content (AvgIpc) is 3.10. The topological polar surface area (TPSA) is 63.6 Å². The molecule has 0 aliphatic carbocycles. The van der Waals surface area contributed by atoms with Crippen molar-refractivity contribution in [1.82, 2.24) is 0 Å². The van der Waals surface area contributed by atoms with Gasteiger partial charge in [0.25, 0.3) is 0 Å². The van der Waals surface area contributed by atoms with E-state index in [1.165, 1.54) is 24.3 Å². The largest absolute Gasteiger partial charge is 0.477 e. The van der Waals surface area contributed by atoms with Gasteiger partial charge in [-0.2, -0.15) is 0 Å². The second-order valence-corrected chi connectivity index (χ2v) is 7.67. The zero-order chi connectivity index (χ0) is 20.3. The summed E-state index contributed by atoms with van der Waals surface area (Å²) in [6.07, 6.45) is 1.95. The van der Waals surface area contributed by atoms with E-state index in [1.54, 1.807) is 18.7 Å². The van der Waals surface area contributed by atoms with E-state index in [9.17, 15) is 19.1 Å². The molecule has 0 atom stereocenters. The van der Waals surface area contributed by atoms with Gasteiger partial charge in [0.2, 0.25) is 0 Å². The van der Waals surface area contributed by atoms with E-state index in [4.69, 9.17) is 4.74 Å². The fourth-order valence-corrected chi connectivity index (χ4v) is 4.33. The molecule has 0 unspecified atom stereocenters. The van der Waals surface area contributed by atoms with Crippen molar-refractivity contribution in [2.75, 3.05) is 12.9 Å². The molecule has 0 spiro atoms. The van der Waals surface area contributed by atoms with Crippen molar-refractivity contribution >= 4 is 35.0 Å². The molecule has 0 saturated heterocycles. The zero-order valence-electron chi connectivity index (χ0n) is 15.2. The number of halogens is 1. The number of hydrogen-bond acceptors (Lipinski definition) is 5. The lowest BCUT2D eigenvalue weighted by Crippen LogP contribution is -2.04. The Morgan fingerprint density at radius 1 is 1.00 bits per heavy atom. The molecule has 0 radical (unpaired) electrons. The smallest absolute Gasteiger partial charge is 0.348 e. The van der Waals surface area contributed by atoms with Crippen LogP contribution in [0.25, 0.3) is 22.3 Å². The van der Waals surface area contributed by atoms with Gasteiger partial charge >= 0.3 is 11.9 Å². The molecular formula is C21H17FO4S2. The first kappa shape index (κ1) is 20.1. The molecule has 1 aromatic heterocycles. The maximum Gasteiger partial charge on any atom is 0.348 e. The van der Waals surface area contributed by atoms with Crippen LogP contribution in [0.1, 0.15) is 26.3 Å². The second-order valence-electron chi connectivity index (χ2n) is 5.77. The number of carboxylic acid groups (broad SMARTS) is 1. The maximum atomic E-state index is 13.4. The van der Waals surface area contributed by atoms with E-state index < -0.39 is 17.8 Å². The van der Waals surface area contributed by atoms with Gasteiger partial charge in [-0.05, 0) is 48.6 Å². The molecule has 3 aromatic rings. The van der Waals surface area contributed by atoms with Gasteiger partial charge in [0.1, 0.15) is 15.6 Å². The van der Waals surface area contributed by atoms with Crippen molar-refractivity contribution in [2.24, 2.45) is 0 Å². The molecule has 3 rings (SSSR count). The standard InChI is InChI=1S/C21H17FO4S2/c1-3-26-21(25)19-17(12-4-8-14(22)9-5-12)16(18(28-19)20(23)24)13-6-10-15(27-2)11-7-13/h4-11H,3H2,1-2H3,(H,23,24). The first-order valence-corrected chi connectivity index (χ1v) is 10.5. The Morgan fingerprint density at radius 3 is 2.04 bits per heavy atom. The Kier molecular flexibility index (Phi) is 6.16. The molecule has 0 aliphatic rings. The second kappa shape index (κ2) is 8.58. The summed E-state index contributed by atoms with van der Waals surface area (Å²) < 4.78 is 18.6. The van der Waals surface area contributed by atoms with Crippen molar-refractivity contribution in [3.8, 4) is 22.3 Å². The normalized spacial score (nSPS) is 10.7. The first-order chi connectivity index (χ1) is 13.5. The number of thiophene rings is 1. The Bertz CT molecular complexity index is 1010. The number of carbonyl (C=O) groups excluding carboxylic acids is 1. The molecule has 144 valence electrons. The molecule has 0 saturated carbocycles. The highest BCUT2D eigenvalue weighted by atomic mass is 32.2. The molecule has 7 heteroatoms. The number of thioether (sulfide) groups is 1. The van der Waals surface area contributed by atoms with Gasteiger partial charge in [-0.25, -0.2) is 14.0 Å². The SMILES string of the molecule is CCOC(=O)c1sc(C(=O)O)c(-c2ccc(SC)cc2)c1-c1ccc(F)cc1. The van der Waals surface area contributed by atoms with E-state index >= 15 is 0 Å². The number of esters is 1. The van der Waals surface area contributed by atoms with Gasteiger partial charge in [-0.1, -0.05) is 24.3 Å². The molecular weight excluding hydrogens is 399 g/mol. The van der Waals surface area contributed by atoms with Crippen molar-refractivity contribution in [1.29, 1.82) is 0 Å². The number of carbonyl (C=O) groups is 2. The molecule has 28 heavy (non-hydrogen) atoms. The summed E-state index contributed by atoms with van der Waals surface area (Å²) >= 11 is 2.45. The molecule has 0 amide bonds. The molecule has 1 heterocycles. The highest BCUT2D eigenvalue weighted by molar-refractivity contribution is 7.98. The molecule has 4 nitrogen and oxygen atoms in total. The third kappa shape index (κ3) is 3.95. The summed E-state index contributed by atoms with van der Waals surface area (Å²) in [6, 6.07) is 13.1. The highest BCUT2D eigenvalue weighted by Gasteiger charge is 2.28. The summed E-state index contributed by atoms with van der Waals surface area (Å²) in [5.41, 5.74) is 2.09. The third-order valence-electron chi connectivity index (χ3n) is 4.07. The number of aromatic carboxylic acids is 1. The fraction of sp³-hybridized carbons (Fsp3) is 0.143. The minimum absolute atomic E-state index is 0.0410. The first-order valence-electron chi connectivity index (χ1n) is 8.43. The number of carboxylic acids is 1. The molecule has 0 bridgehead atoms. The van der Waals surface area contributed by atoms with Gasteiger partial charge < -0.3 is 9.84 Å². The summed E-state index contributed by atoms with van der Waals surface area (Å²) in [4.78, 5) is 25.8. The molecule has 0 fully saturated rings. The van der Waals surface area contributed by atoms with Crippen molar-refractivity contribution in [3.63, 3.8) is 0 Å². The van der Waals surface area contributed by atoms with Crippen LogP contribution >= 0.6 is 23.1 Å². The Labute approximate surface area is 170 Å². The Morgan fingerprint density at radius 2 is 1.54 bits per heavy atom. The van der Waals surface area contributed by atoms with Crippen LogP contribution in [0.3, 0.4) is 0 Å². The summed E-state index contributed by atoms with van der Waals surface area (Å²) in [7, 11) is 0. The summed E-state index contributed by atoms with van der Waals surface area (Å²) in [6.45, 7) is 1.85. The predicted molar refractivity (Wildman–Crippen MR) is 110 cm³/mol. The van der Waals surface area contributed by atoms with E-state index in [0.29, 0.717) is 22.3 Å². The number of rotatable bonds is 6. The Hall–Kier alpha value is -2.64. The van der Waals surface area contributed by atoms with Gasteiger partial charge in [0, 0.05) is 16.0 Å².